The van der Waals surface area contributed by atoms with Crippen molar-refractivity contribution < 1.29 is 19.4 Å². The maximum Gasteiger partial charge on any atom is 0.328 e. The average Bonchev–Trinajstić information content (AvgIpc) is 2.69. The van der Waals surface area contributed by atoms with Gasteiger partial charge in [0.15, 0.2) is 0 Å². The Kier molecular flexibility index (Phi) is 6.46. The van der Waals surface area contributed by atoms with E-state index in [0.29, 0.717) is 17.6 Å². The first kappa shape index (κ1) is 22.2. The van der Waals surface area contributed by atoms with Gasteiger partial charge >= 0.3 is 5.97 Å². The normalized spacial score (nSPS) is 21.6. The molecular formula is C25H30O4Si. The lowest BCUT2D eigenvalue weighted by molar-refractivity contribution is -0.131. The number of aliphatic carboxylic acids is 1. The number of carboxylic acid groups (broad SMARTS) is 1. The van der Waals surface area contributed by atoms with E-state index < -0.39 is 26.5 Å². The van der Waals surface area contributed by atoms with E-state index in [4.69, 9.17) is 4.43 Å². The Balaban J connectivity index is 2.16. The fourth-order valence-electron chi connectivity index (χ4n) is 4.36. The summed E-state index contributed by atoms with van der Waals surface area (Å²) < 4.78 is 7.06. The molecule has 2 N–H and O–H groups in total. The van der Waals surface area contributed by atoms with Crippen molar-refractivity contribution in [1.29, 1.82) is 0 Å². The molecule has 1 aliphatic carbocycles. The van der Waals surface area contributed by atoms with E-state index in [9.17, 15) is 15.0 Å². The molecule has 0 saturated heterocycles. The van der Waals surface area contributed by atoms with E-state index in [1.165, 1.54) is 6.08 Å². The first-order chi connectivity index (χ1) is 14.1. The lowest BCUT2D eigenvalue weighted by Crippen LogP contribution is -2.68. The van der Waals surface area contributed by atoms with Crippen molar-refractivity contribution in [2.45, 2.75) is 50.9 Å². The Hall–Kier alpha value is -2.47. The summed E-state index contributed by atoms with van der Waals surface area (Å²) in [7, 11) is -2.82. The smallest absolute Gasteiger partial charge is 0.328 e. The fourth-order valence-corrected chi connectivity index (χ4v) is 9.04. The van der Waals surface area contributed by atoms with E-state index in [-0.39, 0.29) is 11.5 Å². The molecule has 0 bridgehead atoms. The molecule has 2 aromatic carbocycles. The van der Waals surface area contributed by atoms with Crippen LogP contribution in [-0.2, 0) is 9.22 Å². The van der Waals surface area contributed by atoms with Crippen LogP contribution in [0.15, 0.2) is 84.5 Å². The van der Waals surface area contributed by atoms with Crippen LogP contribution in [0.25, 0.3) is 0 Å². The molecule has 158 valence electrons. The maximum absolute atomic E-state index is 11.2. The van der Waals surface area contributed by atoms with Crippen molar-refractivity contribution in [3.8, 4) is 0 Å². The van der Waals surface area contributed by atoms with Crippen molar-refractivity contribution in [2.24, 2.45) is 0 Å². The lowest BCUT2D eigenvalue weighted by atomic mass is 9.86. The second kappa shape index (κ2) is 8.72. The third-order valence-electron chi connectivity index (χ3n) is 5.81. The summed E-state index contributed by atoms with van der Waals surface area (Å²) in [6, 6.07) is 20.5. The molecule has 1 fully saturated rings. The molecule has 3 rings (SSSR count). The number of rotatable bonds is 5. The van der Waals surface area contributed by atoms with Crippen LogP contribution in [0.5, 0.6) is 0 Å². The number of carboxylic acids is 1. The average molecular weight is 423 g/mol. The van der Waals surface area contributed by atoms with Crippen LogP contribution in [0.4, 0.5) is 0 Å². The number of aliphatic hydroxyl groups excluding tert-OH is 1. The maximum atomic E-state index is 11.2. The van der Waals surface area contributed by atoms with Gasteiger partial charge in [0, 0.05) is 6.08 Å². The van der Waals surface area contributed by atoms with Crippen molar-refractivity contribution in [3.05, 3.63) is 84.5 Å². The highest BCUT2D eigenvalue weighted by Gasteiger charge is 2.52. The van der Waals surface area contributed by atoms with Gasteiger partial charge in [0.25, 0.3) is 8.32 Å². The number of carbonyl (C=O) groups is 1. The van der Waals surface area contributed by atoms with E-state index in [1.807, 2.05) is 36.4 Å². The molecule has 2 unspecified atom stereocenters. The first-order valence-electron chi connectivity index (χ1n) is 10.2. The van der Waals surface area contributed by atoms with Crippen molar-refractivity contribution in [2.75, 3.05) is 0 Å². The Morgan fingerprint density at radius 3 is 1.97 bits per heavy atom. The van der Waals surface area contributed by atoms with E-state index in [0.717, 1.165) is 10.4 Å². The summed E-state index contributed by atoms with van der Waals surface area (Å²) in [5.74, 6) is -1.01. The summed E-state index contributed by atoms with van der Waals surface area (Å²) in [6.45, 7) is 10.7. The van der Waals surface area contributed by atoms with Gasteiger partial charge in [0.2, 0.25) is 0 Å². The molecule has 30 heavy (non-hydrogen) atoms. The standard InChI is InChI=1S/C25H30O4Si/c1-18-22(26)15-19(17-24(27)28)16-23(18)29-30(25(2,3)4,20-11-7-5-8-12-20)21-13-9-6-10-14-21/h5-14,17,22-23,26H,1,15-16H2,2-4H3,(H,27,28)/b19-17+. The highest BCUT2D eigenvalue weighted by Crippen LogP contribution is 2.40. The highest BCUT2D eigenvalue weighted by molar-refractivity contribution is 6.99. The molecule has 0 aliphatic heterocycles. The molecule has 0 spiro atoms. The zero-order valence-electron chi connectivity index (χ0n) is 17.8. The Morgan fingerprint density at radius 2 is 1.53 bits per heavy atom. The second-order valence-corrected chi connectivity index (χ2v) is 13.2. The van der Waals surface area contributed by atoms with Crippen LogP contribution < -0.4 is 10.4 Å². The van der Waals surface area contributed by atoms with Crippen LogP contribution in [0, 0.1) is 0 Å². The van der Waals surface area contributed by atoms with Gasteiger partial charge in [0.05, 0.1) is 12.2 Å². The third-order valence-corrected chi connectivity index (χ3v) is 10.9. The summed E-state index contributed by atoms with van der Waals surface area (Å²) in [6.07, 6.45) is 0.633. The minimum atomic E-state index is -2.82. The fraction of sp³-hybridized carbons (Fsp3) is 0.320. The summed E-state index contributed by atoms with van der Waals surface area (Å²) in [4.78, 5) is 11.2. The summed E-state index contributed by atoms with van der Waals surface area (Å²) in [5, 5.41) is 21.8. The molecule has 2 aromatic rings. The molecule has 0 amide bonds. The zero-order chi connectivity index (χ0) is 21.9. The third kappa shape index (κ3) is 4.33. The molecule has 0 aromatic heterocycles. The number of hydrogen-bond acceptors (Lipinski definition) is 3. The second-order valence-electron chi connectivity index (χ2n) is 8.91. The van der Waals surface area contributed by atoms with Crippen LogP contribution >= 0.6 is 0 Å². The number of benzene rings is 2. The summed E-state index contributed by atoms with van der Waals surface area (Å²) in [5.41, 5.74) is 1.29. The minimum absolute atomic E-state index is 0.213. The molecule has 4 nitrogen and oxygen atoms in total. The first-order valence-corrected chi connectivity index (χ1v) is 12.1. The Labute approximate surface area is 179 Å². The quantitative estimate of drug-likeness (QED) is 0.438. The monoisotopic (exact) mass is 422 g/mol. The van der Waals surface area contributed by atoms with E-state index >= 15 is 0 Å². The summed E-state index contributed by atoms with van der Waals surface area (Å²) >= 11 is 0. The Morgan fingerprint density at radius 1 is 1.03 bits per heavy atom. The van der Waals surface area contributed by atoms with Gasteiger partial charge in [0.1, 0.15) is 0 Å². The van der Waals surface area contributed by atoms with Crippen LogP contribution in [0.2, 0.25) is 5.04 Å². The van der Waals surface area contributed by atoms with Crippen molar-refractivity contribution in [1.82, 2.24) is 0 Å². The SMILES string of the molecule is C=C1C(O)C/C(=C\C(=O)O)CC1O[Si](c1ccccc1)(c1ccccc1)C(C)(C)C. The van der Waals surface area contributed by atoms with Crippen molar-refractivity contribution >= 4 is 24.7 Å². The van der Waals surface area contributed by atoms with Crippen LogP contribution in [0.3, 0.4) is 0 Å². The highest BCUT2D eigenvalue weighted by atomic mass is 28.4. The molecule has 0 radical (unpaired) electrons. The molecule has 1 aliphatic rings. The largest absolute Gasteiger partial charge is 0.478 e. The molecule has 2 atom stereocenters. The van der Waals surface area contributed by atoms with Gasteiger partial charge in [-0.1, -0.05) is 93.6 Å². The van der Waals surface area contributed by atoms with Crippen molar-refractivity contribution in [3.63, 3.8) is 0 Å². The lowest BCUT2D eigenvalue weighted by Gasteiger charge is -2.47. The number of aliphatic hydroxyl groups is 1. The van der Waals surface area contributed by atoms with Gasteiger partial charge in [-0.3, -0.25) is 0 Å². The van der Waals surface area contributed by atoms with Crippen LogP contribution in [-0.4, -0.2) is 36.7 Å². The molecule has 1 saturated carbocycles. The van der Waals surface area contributed by atoms with E-state index in [2.05, 4.69) is 51.6 Å². The van der Waals surface area contributed by atoms with Gasteiger partial charge in [-0.05, 0) is 33.8 Å². The van der Waals surface area contributed by atoms with Gasteiger partial charge in [-0.2, -0.15) is 0 Å². The molecule has 0 heterocycles. The minimum Gasteiger partial charge on any atom is -0.478 e. The Bertz CT molecular complexity index is 889. The molecular weight excluding hydrogens is 392 g/mol. The predicted molar refractivity (Wildman–Crippen MR) is 123 cm³/mol. The van der Waals surface area contributed by atoms with E-state index in [1.54, 1.807) is 0 Å². The number of hydrogen-bond donors (Lipinski definition) is 2. The van der Waals surface area contributed by atoms with Crippen LogP contribution in [0.1, 0.15) is 33.6 Å². The zero-order valence-corrected chi connectivity index (χ0v) is 18.8. The molecule has 5 heteroatoms. The predicted octanol–water partition coefficient (Wildman–Crippen LogP) is 3.65. The topological polar surface area (TPSA) is 66.8 Å². The van der Waals surface area contributed by atoms with Gasteiger partial charge in [-0.15, -0.1) is 0 Å². The van der Waals surface area contributed by atoms with Gasteiger partial charge in [-0.25, -0.2) is 4.79 Å². The van der Waals surface area contributed by atoms with Gasteiger partial charge < -0.3 is 14.6 Å².